The van der Waals surface area contributed by atoms with Crippen LogP contribution in [0.25, 0.3) is 11.1 Å². The third kappa shape index (κ3) is 1.58. The van der Waals surface area contributed by atoms with Crippen LogP contribution in [0.15, 0.2) is 46.3 Å². The maximum atomic E-state index is 9.81. The molecule has 1 heterocycles. The van der Waals surface area contributed by atoms with E-state index in [0.717, 1.165) is 5.69 Å². The normalized spacial score (nSPS) is 9.71. The molecule has 0 saturated carbocycles. The number of hydrogen-bond acceptors (Lipinski definition) is 4. The molecule has 0 aliphatic heterocycles. The third-order valence-electron chi connectivity index (χ3n) is 1.62. The van der Waals surface area contributed by atoms with Crippen molar-refractivity contribution >= 4 is 5.88 Å². The molecule has 0 bridgehead atoms. The lowest BCUT2D eigenvalue weighted by atomic mass is 10.3. The summed E-state index contributed by atoms with van der Waals surface area (Å²) >= 11 is 0. The highest BCUT2D eigenvalue weighted by molar-refractivity contribution is 5.29. The summed E-state index contributed by atoms with van der Waals surface area (Å²) in [5.41, 5.74) is 4.00. The first-order valence-corrected chi connectivity index (χ1v) is 3.87. The molecule has 0 saturated heterocycles. The van der Waals surface area contributed by atoms with Gasteiger partial charge in [-0.15, -0.1) is 5.29 Å². The Kier molecular flexibility index (Phi) is 2.18. The third-order valence-corrected chi connectivity index (χ3v) is 1.62. The Morgan fingerprint density at radius 2 is 2.14 bits per heavy atom. The summed E-state index contributed by atoms with van der Waals surface area (Å²) in [6, 6.07) is 9.32. The SMILES string of the molecule is O=N[N-]c1c[n+](-c2ccccc2)no1. The Bertz CT molecular complexity index is 426. The highest BCUT2D eigenvalue weighted by Gasteiger charge is 2.09. The molecule has 70 valence electrons. The highest BCUT2D eigenvalue weighted by atomic mass is 16.5. The van der Waals surface area contributed by atoms with Gasteiger partial charge < -0.3 is 9.95 Å². The molecule has 6 heteroatoms. The van der Waals surface area contributed by atoms with Crippen LogP contribution in [-0.2, 0) is 0 Å². The van der Waals surface area contributed by atoms with Gasteiger partial charge in [0.1, 0.15) is 5.88 Å². The molecule has 0 unspecified atom stereocenters. The lowest BCUT2D eigenvalue weighted by molar-refractivity contribution is -0.670. The van der Waals surface area contributed by atoms with Gasteiger partial charge in [0.05, 0.1) is 0 Å². The predicted octanol–water partition coefficient (Wildman–Crippen LogP) is 1.64. The molecule has 2 aromatic rings. The van der Waals surface area contributed by atoms with Gasteiger partial charge in [0.25, 0.3) is 0 Å². The van der Waals surface area contributed by atoms with Gasteiger partial charge in [-0.2, -0.15) is 4.91 Å². The van der Waals surface area contributed by atoms with Crippen molar-refractivity contribution in [2.45, 2.75) is 0 Å². The molecular formula is C8H6N4O2. The fourth-order valence-electron chi connectivity index (χ4n) is 1.02. The lowest BCUT2D eigenvalue weighted by Gasteiger charge is -1.95. The molecule has 0 fully saturated rings. The summed E-state index contributed by atoms with van der Waals surface area (Å²) in [5.74, 6) is 0.0730. The molecule has 6 nitrogen and oxygen atoms in total. The van der Waals surface area contributed by atoms with E-state index in [1.807, 2.05) is 30.3 Å². The first-order valence-electron chi connectivity index (χ1n) is 3.87. The Labute approximate surface area is 79.1 Å². The van der Waals surface area contributed by atoms with Crippen molar-refractivity contribution in [3.05, 3.63) is 46.9 Å². The molecule has 0 spiro atoms. The highest BCUT2D eigenvalue weighted by Crippen LogP contribution is 2.14. The summed E-state index contributed by atoms with van der Waals surface area (Å²) in [5, 5.41) is 5.99. The number of hydrogen-bond donors (Lipinski definition) is 0. The molecule has 1 aromatic carbocycles. The van der Waals surface area contributed by atoms with Crippen molar-refractivity contribution < 1.29 is 9.20 Å². The molecule has 14 heavy (non-hydrogen) atoms. The van der Waals surface area contributed by atoms with Gasteiger partial charge in [-0.05, 0) is 4.68 Å². The number of rotatable bonds is 3. The van der Waals surface area contributed by atoms with E-state index in [-0.39, 0.29) is 5.88 Å². The second-order valence-corrected chi connectivity index (χ2v) is 2.50. The zero-order chi connectivity index (χ0) is 9.80. The van der Waals surface area contributed by atoms with Crippen LogP contribution in [0.3, 0.4) is 0 Å². The van der Waals surface area contributed by atoms with E-state index >= 15 is 0 Å². The standard InChI is InChI=1S/C8H6N4O2/c13-10-9-8-6-12(11-14-8)7-4-2-1-3-5-7/h1-6H. The van der Waals surface area contributed by atoms with Crippen molar-refractivity contribution in [3.63, 3.8) is 0 Å². The number of benzene rings is 1. The zero-order valence-corrected chi connectivity index (χ0v) is 7.07. The molecular weight excluding hydrogens is 184 g/mol. The summed E-state index contributed by atoms with van der Waals surface area (Å²) in [7, 11) is 0. The molecule has 0 N–H and O–H groups in total. The second-order valence-electron chi connectivity index (χ2n) is 2.50. The van der Waals surface area contributed by atoms with Gasteiger partial charge in [-0.25, -0.2) is 0 Å². The van der Waals surface area contributed by atoms with Crippen LogP contribution in [0.5, 0.6) is 0 Å². The van der Waals surface area contributed by atoms with Crippen LogP contribution in [0.4, 0.5) is 5.88 Å². The summed E-state index contributed by atoms with van der Waals surface area (Å²) < 4.78 is 6.17. The fraction of sp³-hybridized carbons (Fsp3) is 0. The van der Waals surface area contributed by atoms with Crippen LogP contribution in [-0.4, -0.2) is 5.27 Å². The van der Waals surface area contributed by atoms with Crippen molar-refractivity contribution in [2.75, 3.05) is 0 Å². The van der Waals surface area contributed by atoms with Gasteiger partial charge in [0, 0.05) is 12.1 Å². The monoisotopic (exact) mass is 190 g/mol. The van der Waals surface area contributed by atoms with Gasteiger partial charge in [-0.1, -0.05) is 18.2 Å². The minimum absolute atomic E-state index is 0.0730. The van der Waals surface area contributed by atoms with Crippen LogP contribution >= 0.6 is 0 Å². The van der Waals surface area contributed by atoms with Crippen molar-refractivity contribution in [2.24, 2.45) is 5.29 Å². The largest absolute Gasteiger partial charge is 0.498 e. The van der Waals surface area contributed by atoms with Crippen LogP contribution in [0.1, 0.15) is 0 Å². The minimum atomic E-state index is 0.0730. The smallest absolute Gasteiger partial charge is 0.241 e. The Balaban J connectivity index is 2.29. The van der Waals surface area contributed by atoms with Gasteiger partial charge in [0.15, 0.2) is 0 Å². The number of para-hydroxylation sites is 1. The molecule has 2 rings (SSSR count). The van der Waals surface area contributed by atoms with E-state index < -0.39 is 0 Å². The van der Waals surface area contributed by atoms with E-state index in [1.54, 1.807) is 0 Å². The van der Waals surface area contributed by atoms with E-state index in [0.29, 0.717) is 0 Å². The molecule has 0 amide bonds. The van der Waals surface area contributed by atoms with Crippen molar-refractivity contribution in [3.8, 4) is 5.69 Å². The summed E-state index contributed by atoms with van der Waals surface area (Å²) in [4.78, 5) is 9.81. The maximum absolute atomic E-state index is 9.81. The van der Waals surface area contributed by atoms with Crippen molar-refractivity contribution in [1.29, 1.82) is 0 Å². The lowest BCUT2D eigenvalue weighted by Crippen LogP contribution is -2.30. The topological polar surface area (TPSA) is 73.4 Å². The van der Waals surface area contributed by atoms with Gasteiger partial charge in [0.2, 0.25) is 17.2 Å². The first-order chi connectivity index (χ1) is 6.90. The maximum Gasteiger partial charge on any atom is 0.241 e. The number of nitrogens with zero attached hydrogens (tertiary/aromatic N) is 4. The van der Waals surface area contributed by atoms with Crippen LogP contribution in [0.2, 0.25) is 0 Å². The fourth-order valence-corrected chi connectivity index (χ4v) is 1.02. The second kappa shape index (κ2) is 3.65. The Morgan fingerprint density at radius 1 is 1.36 bits per heavy atom. The number of nitroso groups, excluding NO2 is 1. The Hall–Kier alpha value is -2.24. The summed E-state index contributed by atoms with van der Waals surface area (Å²) in [6.45, 7) is 0. The van der Waals surface area contributed by atoms with Crippen molar-refractivity contribution in [1.82, 2.24) is 5.27 Å². The summed E-state index contributed by atoms with van der Waals surface area (Å²) in [6.07, 6.45) is 1.47. The minimum Gasteiger partial charge on any atom is -0.498 e. The molecule has 0 atom stereocenters. The van der Waals surface area contributed by atoms with E-state index in [2.05, 4.69) is 16.0 Å². The molecule has 0 aliphatic carbocycles. The quantitative estimate of drug-likeness (QED) is 0.419. The zero-order valence-electron chi connectivity index (χ0n) is 7.07. The van der Waals surface area contributed by atoms with Gasteiger partial charge >= 0.3 is 0 Å². The number of aromatic nitrogens is 2. The average Bonchev–Trinajstić information content (AvgIpc) is 2.68. The Morgan fingerprint density at radius 3 is 2.86 bits per heavy atom. The molecule has 1 aromatic heterocycles. The van der Waals surface area contributed by atoms with Crippen LogP contribution < -0.4 is 4.68 Å². The van der Waals surface area contributed by atoms with Crippen LogP contribution in [0, 0.1) is 4.91 Å². The molecule has 0 radical (unpaired) electrons. The average molecular weight is 190 g/mol. The first kappa shape index (κ1) is 8.36. The van der Waals surface area contributed by atoms with E-state index in [9.17, 15) is 4.91 Å². The molecule has 0 aliphatic rings. The predicted molar refractivity (Wildman–Crippen MR) is 46.8 cm³/mol. The van der Waals surface area contributed by atoms with E-state index in [1.165, 1.54) is 10.9 Å². The van der Waals surface area contributed by atoms with E-state index in [4.69, 9.17) is 4.52 Å². The van der Waals surface area contributed by atoms with Gasteiger partial charge in [-0.3, -0.25) is 0 Å².